The summed E-state index contributed by atoms with van der Waals surface area (Å²) in [7, 11) is 0. The van der Waals surface area contributed by atoms with Crippen LogP contribution in [0.3, 0.4) is 0 Å². The average molecular weight is 381 g/mol. The lowest BCUT2D eigenvalue weighted by Crippen LogP contribution is -2.37. The van der Waals surface area contributed by atoms with E-state index in [1.807, 2.05) is 0 Å². The molecular formula is C18H22Cl2N4O. The van der Waals surface area contributed by atoms with Crippen molar-refractivity contribution < 1.29 is 0 Å². The van der Waals surface area contributed by atoms with Gasteiger partial charge < -0.3 is 10.2 Å². The molecule has 0 saturated carbocycles. The van der Waals surface area contributed by atoms with Crippen molar-refractivity contribution in [2.24, 2.45) is 5.92 Å². The normalized spacial score (nSPS) is 18.3. The number of halogens is 2. The Hall–Kier alpha value is -1.56. The number of hydrogen-bond donors (Lipinski definition) is 1. The predicted octanol–water partition coefficient (Wildman–Crippen LogP) is 3.68. The number of likely N-dealkylation sites (tertiary alicyclic amines) is 1. The van der Waals surface area contributed by atoms with Crippen LogP contribution in [0.1, 0.15) is 19.8 Å². The summed E-state index contributed by atoms with van der Waals surface area (Å²) in [6.07, 6.45) is 4.15. The van der Waals surface area contributed by atoms with E-state index in [9.17, 15) is 4.79 Å². The molecule has 1 aromatic heterocycles. The average Bonchev–Trinajstić information content (AvgIpc) is 2.60. The second-order valence-electron chi connectivity index (χ2n) is 6.54. The van der Waals surface area contributed by atoms with Crippen LogP contribution in [0.4, 0.5) is 5.69 Å². The van der Waals surface area contributed by atoms with Gasteiger partial charge in [-0.3, -0.25) is 4.79 Å². The highest BCUT2D eigenvalue weighted by Crippen LogP contribution is 2.18. The fourth-order valence-electron chi connectivity index (χ4n) is 3.16. The van der Waals surface area contributed by atoms with Gasteiger partial charge in [0, 0.05) is 24.7 Å². The number of rotatable bonds is 5. The van der Waals surface area contributed by atoms with Crippen molar-refractivity contribution in [3.05, 3.63) is 50.9 Å². The summed E-state index contributed by atoms with van der Waals surface area (Å²) in [5.41, 5.74) is 0.854. The van der Waals surface area contributed by atoms with Gasteiger partial charge in [-0.1, -0.05) is 30.1 Å². The molecule has 1 aliphatic heterocycles. The van der Waals surface area contributed by atoms with E-state index in [0.717, 1.165) is 32.1 Å². The van der Waals surface area contributed by atoms with Gasteiger partial charge in [0.2, 0.25) is 0 Å². The van der Waals surface area contributed by atoms with Gasteiger partial charge in [-0.2, -0.15) is 9.78 Å². The lowest BCUT2D eigenvalue weighted by molar-refractivity contribution is 0.190. The van der Waals surface area contributed by atoms with Crippen LogP contribution in [0.15, 0.2) is 35.3 Å². The van der Waals surface area contributed by atoms with Crippen LogP contribution in [0.5, 0.6) is 0 Å². The molecule has 7 heteroatoms. The monoisotopic (exact) mass is 380 g/mol. The molecule has 134 valence electrons. The first-order valence-corrected chi connectivity index (χ1v) is 9.30. The molecule has 1 fully saturated rings. The largest absolute Gasteiger partial charge is 0.381 e. The van der Waals surface area contributed by atoms with Crippen LogP contribution >= 0.6 is 23.2 Å². The summed E-state index contributed by atoms with van der Waals surface area (Å²) >= 11 is 12.1. The minimum atomic E-state index is -0.347. The Bertz CT molecular complexity index is 776. The summed E-state index contributed by atoms with van der Waals surface area (Å²) in [4.78, 5) is 14.9. The molecule has 0 bridgehead atoms. The summed E-state index contributed by atoms with van der Waals surface area (Å²) in [6.45, 7) is 6.22. The Kier molecular flexibility index (Phi) is 5.99. The third kappa shape index (κ3) is 4.54. The number of hydrogen-bond acceptors (Lipinski definition) is 4. The smallest absolute Gasteiger partial charge is 0.292 e. The summed E-state index contributed by atoms with van der Waals surface area (Å²) in [5, 5.41) is 8.20. The van der Waals surface area contributed by atoms with Gasteiger partial charge in [0.25, 0.3) is 5.56 Å². The van der Waals surface area contributed by atoms with Crippen LogP contribution in [-0.2, 0) is 0 Å². The van der Waals surface area contributed by atoms with E-state index in [2.05, 4.69) is 22.2 Å². The summed E-state index contributed by atoms with van der Waals surface area (Å²) < 4.78 is 1.27. The minimum Gasteiger partial charge on any atom is -0.381 e. The van der Waals surface area contributed by atoms with Crippen molar-refractivity contribution in [1.82, 2.24) is 14.7 Å². The number of anilines is 1. The molecule has 3 rings (SSSR count). The number of benzene rings is 1. The van der Waals surface area contributed by atoms with Crippen molar-refractivity contribution in [3.8, 4) is 5.69 Å². The topological polar surface area (TPSA) is 50.2 Å². The second-order valence-corrected chi connectivity index (χ2v) is 7.35. The molecule has 1 atom stereocenters. The molecule has 5 nitrogen and oxygen atoms in total. The Morgan fingerprint density at radius 3 is 2.76 bits per heavy atom. The third-order valence-corrected chi connectivity index (χ3v) is 5.09. The zero-order valence-electron chi connectivity index (χ0n) is 14.2. The van der Waals surface area contributed by atoms with Crippen LogP contribution < -0.4 is 10.9 Å². The predicted molar refractivity (Wildman–Crippen MR) is 103 cm³/mol. The van der Waals surface area contributed by atoms with E-state index in [-0.39, 0.29) is 10.6 Å². The van der Waals surface area contributed by atoms with E-state index in [1.54, 1.807) is 30.5 Å². The van der Waals surface area contributed by atoms with Crippen LogP contribution in [-0.4, -0.2) is 40.9 Å². The van der Waals surface area contributed by atoms with E-state index in [1.165, 1.54) is 17.5 Å². The highest BCUT2D eigenvalue weighted by atomic mass is 35.5. The lowest BCUT2D eigenvalue weighted by atomic mass is 10.0. The van der Waals surface area contributed by atoms with Crippen molar-refractivity contribution >= 4 is 28.9 Å². The maximum absolute atomic E-state index is 12.5. The molecule has 0 spiro atoms. The first-order chi connectivity index (χ1) is 12.0. The first-order valence-electron chi connectivity index (χ1n) is 8.54. The number of aromatic nitrogens is 2. The number of piperidine rings is 1. The maximum atomic E-state index is 12.5. The van der Waals surface area contributed by atoms with E-state index in [0.29, 0.717) is 16.4 Å². The molecule has 1 unspecified atom stereocenters. The van der Waals surface area contributed by atoms with E-state index < -0.39 is 0 Å². The van der Waals surface area contributed by atoms with Gasteiger partial charge in [0.15, 0.2) is 0 Å². The molecule has 1 N–H and O–H groups in total. The molecule has 0 radical (unpaired) electrons. The Balaban J connectivity index is 1.66. The summed E-state index contributed by atoms with van der Waals surface area (Å²) in [6, 6.07) is 6.89. The Labute approximate surface area is 157 Å². The highest BCUT2D eigenvalue weighted by molar-refractivity contribution is 6.33. The highest BCUT2D eigenvalue weighted by Gasteiger charge is 2.16. The zero-order chi connectivity index (χ0) is 17.8. The minimum absolute atomic E-state index is 0.150. The van der Waals surface area contributed by atoms with Gasteiger partial charge in [-0.05, 0) is 49.6 Å². The molecule has 2 heterocycles. The lowest BCUT2D eigenvalue weighted by Gasteiger charge is -2.30. The molecule has 0 aliphatic carbocycles. The fraction of sp³-hybridized carbons (Fsp3) is 0.444. The van der Waals surface area contributed by atoms with Gasteiger partial charge in [0.1, 0.15) is 5.02 Å². The van der Waals surface area contributed by atoms with Crippen LogP contribution in [0, 0.1) is 5.92 Å². The first kappa shape index (κ1) is 18.2. The SMILES string of the molecule is CC1CCCN(CCNc2cnn(-c3ccc(Cl)cc3)c(=O)c2Cl)C1. The molecule has 25 heavy (non-hydrogen) atoms. The zero-order valence-corrected chi connectivity index (χ0v) is 15.7. The van der Waals surface area contributed by atoms with Crippen LogP contribution in [0.2, 0.25) is 10.0 Å². The molecule has 2 aromatic rings. The number of nitrogens with zero attached hydrogens (tertiary/aromatic N) is 3. The van der Waals surface area contributed by atoms with E-state index in [4.69, 9.17) is 23.2 Å². The standard InChI is InChI=1S/C18H22Cl2N4O/c1-13-3-2-9-23(12-13)10-8-21-16-11-22-24(18(25)17(16)20)15-6-4-14(19)5-7-15/h4-7,11,13,21H,2-3,8-10,12H2,1H3. The van der Waals surface area contributed by atoms with Crippen molar-refractivity contribution in [2.75, 3.05) is 31.5 Å². The van der Waals surface area contributed by atoms with Gasteiger partial charge >= 0.3 is 0 Å². The second kappa shape index (κ2) is 8.21. The molecular weight excluding hydrogens is 359 g/mol. The quantitative estimate of drug-likeness (QED) is 0.859. The molecule has 1 saturated heterocycles. The summed E-state index contributed by atoms with van der Waals surface area (Å²) in [5.74, 6) is 0.752. The van der Waals surface area contributed by atoms with Gasteiger partial charge in [-0.25, -0.2) is 0 Å². The fourth-order valence-corrected chi connectivity index (χ4v) is 3.48. The van der Waals surface area contributed by atoms with Crippen molar-refractivity contribution in [2.45, 2.75) is 19.8 Å². The van der Waals surface area contributed by atoms with Gasteiger partial charge in [0.05, 0.1) is 17.6 Å². The van der Waals surface area contributed by atoms with Crippen molar-refractivity contribution in [3.63, 3.8) is 0 Å². The van der Waals surface area contributed by atoms with Gasteiger partial charge in [-0.15, -0.1) is 0 Å². The Morgan fingerprint density at radius 2 is 2.04 bits per heavy atom. The third-order valence-electron chi connectivity index (χ3n) is 4.47. The number of nitrogens with one attached hydrogen (secondary N) is 1. The molecule has 0 amide bonds. The molecule has 1 aromatic carbocycles. The van der Waals surface area contributed by atoms with Crippen LogP contribution in [0.25, 0.3) is 5.69 Å². The van der Waals surface area contributed by atoms with E-state index >= 15 is 0 Å². The molecule has 1 aliphatic rings. The maximum Gasteiger partial charge on any atom is 0.292 e. The Morgan fingerprint density at radius 1 is 1.28 bits per heavy atom. The van der Waals surface area contributed by atoms with Crippen molar-refractivity contribution in [1.29, 1.82) is 0 Å².